The predicted molar refractivity (Wildman–Crippen MR) is 61.3 cm³/mol. The van der Waals surface area contributed by atoms with Gasteiger partial charge in [-0.3, -0.25) is 4.79 Å². The average molecular weight is 213 g/mol. The summed E-state index contributed by atoms with van der Waals surface area (Å²) in [5.74, 6) is 0.137. The highest BCUT2D eigenvalue weighted by atomic mass is 16.2. The SMILES string of the molecule is NCCCNC(=O)C1(CN)CCCCC1. The van der Waals surface area contributed by atoms with Crippen molar-refractivity contribution in [3.8, 4) is 0 Å². The molecule has 0 aromatic heterocycles. The topological polar surface area (TPSA) is 81.1 Å². The van der Waals surface area contributed by atoms with Crippen LogP contribution in [0.5, 0.6) is 0 Å². The molecule has 1 fully saturated rings. The molecule has 0 heterocycles. The highest BCUT2D eigenvalue weighted by Crippen LogP contribution is 2.35. The molecule has 0 saturated heterocycles. The van der Waals surface area contributed by atoms with E-state index in [0.717, 1.165) is 32.1 Å². The minimum absolute atomic E-state index is 0.137. The molecular formula is C11H23N3O. The van der Waals surface area contributed by atoms with Gasteiger partial charge in [-0.05, 0) is 25.8 Å². The molecule has 0 aromatic rings. The van der Waals surface area contributed by atoms with Crippen LogP contribution in [0.1, 0.15) is 38.5 Å². The lowest BCUT2D eigenvalue weighted by atomic mass is 9.73. The van der Waals surface area contributed by atoms with Gasteiger partial charge in [-0.1, -0.05) is 19.3 Å². The summed E-state index contributed by atoms with van der Waals surface area (Å²) >= 11 is 0. The quantitative estimate of drug-likeness (QED) is 0.577. The lowest BCUT2D eigenvalue weighted by Gasteiger charge is -2.34. The molecule has 0 aromatic carbocycles. The maximum absolute atomic E-state index is 12.0. The number of nitrogens with one attached hydrogen (secondary N) is 1. The van der Waals surface area contributed by atoms with Gasteiger partial charge in [0, 0.05) is 13.1 Å². The van der Waals surface area contributed by atoms with Gasteiger partial charge >= 0.3 is 0 Å². The van der Waals surface area contributed by atoms with E-state index in [9.17, 15) is 4.79 Å². The van der Waals surface area contributed by atoms with Crippen LogP contribution < -0.4 is 16.8 Å². The molecule has 88 valence electrons. The molecule has 0 atom stereocenters. The second-order valence-electron chi connectivity index (χ2n) is 4.44. The van der Waals surface area contributed by atoms with Gasteiger partial charge in [-0.2, -0.15) is 0 Å². The number of nitrogens with two attached hydrogens (primary N) is 2. The Bertz CT molecular complexity index is 200. The molecule has 4 nitrogen and oxygen atoms in total. The summed E-state index contributed by atoms with van der Waals surface area (Å²) in [6, 6.07) is 0. The van der Waals surface area contributed by atoms with Crippen LogP contribution in [0.3, 0.4) is 0 Å². The maximum Gasteiger partial charge on any atom is 0.227 e. The summed E-state index contributed by atoms with van der Waals surface area (Å²) in [5.41, 5.74) is 10.9. The van der Waals surface area contributed by atoms with Crippen molar-refractivity contribution in [1.29, 1.82) is 0 Å². The fourth-order valence-electron chi connectivity index (χ4n) is 2.24. The fourth-order valence-corrected chi connectivity index (χ4v) is 2.24. The largest absolute Gasteiger partial charge is 0.356 e. The van der Waals surface area contributed by atoms with Gasteiger partial charge in [0.05, 0.1) is 5.41 Å². The van der Waals surface area contributed by atoms with Crippen molar-refractivity contribution in [3.63, 3.8) is 0 Å². The van der Waals surface area contributed by atoms with E-state index in [1.807, 2.05) is 0 Å². The Labute approximate surface area is 91.8 Å². The van der Waals surface area contributed by atoms with Gasteiger partial charge in [0.1, 0.15) is 0 Å². The lowest BCUT2D eigenvalue weighted by Crippen LogP contribution is -2.47. The number of hydrogen-bond acceptors (Lipinski definition) is 3. The van der Waals surface area contributed by atoms with Crippen molar-refractivity contribution in [2.24, 2.45) is 16.9 Å². The average Bonchev–Trinajstić information content (AvgIpc) is 2.30. The minimum Gasteiger partial charge on any atom is -0.356 e. The van der Waals surface area contributed by atoms with Crippen molar-refractivity contribution in [1.82, 2.24) is 5.32 Å². The molecule has 0 radical (unpaired) electrons. The molecule has 1 aliphatic carbocycles. The predicted octanol–water partition coefficient (Wildman–Crippen LogP) is 0.361. The van der Waals surface area contributed by atoms with Crippen LogP contribution in [0.15, 0.2) is 0 Å². The molecular weight excluding hydrogens is 190 g/mol. The van der Waals surface area contributed by atoms with Crippen molar-refractivity contribution in [3.05, 3.63) is 0 Å². The normalized spacial score (nSPS) is 19.9. The number of hydrogen-bond donors (Lipinski definition) is 3. The van der Waals surface area contributed by atoms with Gasteiger partial charge < -0.3 is 16.8 Å². The Balaban J connectivity index is 2.45. The molecule has 0 spiro atoms. The third-order valence-electron chi connectivity index (χ3n) is 3.35. The number of amides is 1. The zero-order chi connectivity index (χ0) is 11.1. The van der Waals surface area contributed by atoms with Crippen LogP contribution in [0.2, 0.25) is 0 Å². The highest BCUT2D eigenvalue weighted by Gasteiger charge is 2.37. The Morgan fingerprint density at radius 3 is 2.40 bits per heavy atom. The van der Waals surface area contributed by atoms with Gasteiger partial charge in [0.2, 0.25) is 5.91 Å². The fraction of sp³-hybridized carbons (Fsp3) is 0.909. The van der Waals surface area contributed by atoms with Crippen LogP contribution in [0, 0.1) is 5.41 Å². The smallest absolute Gasteiger partial charge is 0.227 e. The number of carbonyl (C=O) groups excluding carboxylic acids is 1. The third kappa shape index (κ3) is 3.18. The molecule has 1 saturated carbocycles. The highest BCUT2D eigenvalue weighted by molar-refractivity contribution is 5.82. The zero-order valence-electron chi connectivity index (χ0n) is 9.43. The van der Waals surface area contributed by atoms with E-state index in [-0.39, 0.29) is 11.3 Å². The standard InChI is InChI=1S/C11H23N3O/c12-7-4-8-14-10(15)11(9-13)5-2-1-3-6-11/h1-9,12-13H2,(H,14,15). The first-order valence-electron chi connectivity index (χ1n) is 5.93. The van der Waals surface area contributed by atoms with Crippen LogP contribution in [0.25, 0.3) is 0 Å². The Kier molecular flexibility index (Phi) is 5.05. The molecule has 0 bridgehead atoms. The summed E-state index contributed by atoms with van der Waals surface area (Å²) in [6.07, 6.45) is 6.21. The van der Waals surface area contributed by atoms with Gasteiger partial charge in [-0.25, -0.2) is 0 Å². The first kappa shape index (κ1) is 12.5. The van der Waals surface area contributed by atoms with E-state index >= 15 is 0 Å². The monoisotopic (exact) mass is 213 g/mol. The molecule has 0 aliphatic heterocycles. The van der Waals surface area contributed by atoms with E-state index in [2.05, 4.69) is 5.32 Å². The van der Waals surface area contributed by atoms with Crippen molar-refractivity contribution in [2.75, 3.05) is 19.6 Å². The second-order valence-corrected chi connectivity index (χ2v) is 4.44. The van der Waals surface area contributed by atoms with Gasteiger partial charge in [0.25, 0.3) is 0 Å². The number of carbonyl (C=O) groups is 1. The van der Waals surface area contributed by atoms with Crippen LogP contribution in [0.4, 0.5) is 0 Å². The van der Waals surface area contributed by atoms with Crippen LogP contribution >= 0.6 is 0 Å². The minimum atomic E-state index is -0.285. The third-order valence-corrected chi connectivity index (χ3v) is 3.35. The van der Waals surface area contributed by atoms with Gasteiger partial charge in [0.15, 0.2) is 0 Å². The van der Waals surface area contributed by atoms with E-state index in [1.54, 1.807) is 0 Å². The van der Waals surface area contributed by atoms with Crippen molar-refractivity contribution < 1.29 is 4.79 Å². The Morgan fingerprint density at radius 1 is 1.20 bits per heavy atom. The summed E-state index contributed by atoms with van der Waals surface area (Å²) in [7, 11) is 0. The van der Waals surface area contributed by atoms with E-state index in [4.69, 9.17) is 11.5 Å². The lowest BCUT2D eigenvalue weighted by molar-refractivity contribution is -0.132. The molecule has 1 amide bonds. The van der Waals surface area contributed by atoms with E-state index < -0.39 is 0 Å². The molecule has 1 rings (SSSR count). The maximum atomic E-state index is 12.0. The zero-order valence-corrected chi connectivity index (χ0v) is 9.43. The van der Waals surface area contributed by atoms with Gasteiger partial charge in [-0.15, -0.1) is 0 Å². The molecule has 15 heavy (non-hydrogen) atoms. The summed E-state index contributed by atoms with van der Waals surface area (Å²) in [6.45, 7) is 1.77. The summed E-state index contributed by atoms with van der Waals surface area (Å²) in [5, 5.41) is 2.95. The summed E-state index contributed by atoms with van der Waals surface area (Å²) < 4.78 is 0. The van der Waals surface area contributed by atoms with E-state index in [0.29, 0.717) is 19.6 Å². The first-order valence-corrected chi connectivity index (χ1v) is 5.93. The van der Waals surface area contributed by atoms with E-state index in [1.165, 1.54) is 6.42 Å². The summed E-state index contributed by atoms with van der Waals surface area (Å²) in [4.78, 5) is 12.0. The molecule has 0 unspecified atom stereocenters. The molecule has 1 aliphatic rings. The van der Waals surface area contributed by atoms with Crippen molar-refractivity contribution >= 4 is 5.91 Å². The van der Waals surface area contributed by atoms with Crippen LogP contribution in [-0.2, 0) is 4.79 Å². The van der Waals surface area contributed by atoms with Crippen molar-refractivity contribution in [2.45, 2.75) is 38.5 Å². The molecule has 5 N–H and O–H groups in total. The van der Waals surface area contributed by atoms with Crippen LogP contribution in [-0.4, -0.2) is 25.5 Å². The number of rotatable bonds is 5. The molecule has 4 heteroatoms. The second kappa shape index (κ2) is 6.08. The Morgan fingerprint density at radius 2 is 1.87 bits per heavy atom. The Hall–Kier alpha value is -0.610. The first-order chi connectivity index (χ1) is 7.25.